The first kappa shape index (κ1) is 12.8. The fourth-order valence-electron chi connectivity index (χ4n) is 1.45. The normalized spacial score (nSPS) is 20.0. The third-order valence-electron chi connectivity index (χ3n) is 2.28. The Morgan fingerprint density at radius 3 is 3.18 bits per heavy atom. The molecule has 5 nitrogen and oxygen atoms in total. The van der Waals surface area contributed by atoms with E-state index in [0.29, 0.717) is 28.5 Å². The van der Waals surface area contributed by atoms with Crippen LogP contribution in [-0.4, -0.2) is 36.7 Å². The zero-order chi connectivity index (χ0) is 12.3. The second-order valence-electron chi connectivity index (χ2n) is 3.55. The standard InChI is InChI=1S/C10H11BrClN3O2/c11-7-3-6(4-14-9(7)12)15-10(16)8-5-13-1-2-17-8/h3-4,8,13H,1-2,5H2,(H,15,16). The van der Waals surface area contributed by atoms with Crippen molar-refractivity contribution >= 4 is 39.1 Å². The number of carbonyl (C=O) groups excluding carboxylic acids is 1. The summed E-state index contributed by atoms with van der Waals surface area (Å²) in [5.74, 6) is -0.187. The highest BCUT2D eigenvalue weighted by molar-refractivity contribution is 9.10. The maximum atomic E-state index is 11.8. The van der Waals surface area contributed by atoms with Gasteiger partial charge in [0.05, 0.1) is 23.0 Å². The maximum absolute atomic E-state index is 11.8. The second-order valence-corrected chi connectivity index (χ2v) is 4.76. The van der Waals surface area contributed by atoms with Crippen molar-refractivity contribution in [2.75, 3.05) is 25.0 Å². The van der Waals surface area contributed by atoms with E-state index in [2.05, 4.69) is 31.5 Å². The molecule has 0 radical (unpaired) electrons. The Kier molecular flexibility index (Phi) is 4.33. The number of anilines is 1. The summed E-state index contributed by atoms with van der Waals surface area (Å²) in [6.07, 6.45) is 1.04. The van der Waals surface area contributed by atoms with Crippen LogP contribution < -0.4 is 10.6 Å². The van der Waals surface area contributed by atoms with Crippen LogP contribution in [0.3, 0.4) is 0 Å². The van der Waals surface area contributed by atoms with Crippen molar-refractivity contribution in [3.63, 3.8) is 0 Å². The molecule has 1 atom stereocenters. The van der Waals surface area contributed by atoms with Gasteiger partial charge in [-0.2, -0.15) is 0 Å². The van der Waals surface area contributed by atoms with E-state index < -0.39 is 6.10 Å². The zero-order valence-electron chi connectivity index (χ0n) is 8.87. The summed E-state index contributed by atoms with van der Waals surface area (Å²) in [6, 6.07) is 1.70. The highest BCUT2D eigenvalue weighted by Crippen LogP contribution is 2.22. The minimum atomic E-state index is -0.460. The van der Waals surface area contributed by atoms with Crippen molar-refractivity contribution in [2.45, 2.75) is 6.10 Å². The minimum Gasteiger partial charge on any atom is -0.366 e. The van der Waals surface area contributed by atoms with Crippen LogP contribution in [0, 0.1) is 0 Å². The lowest BCUT2D eigenvalue weighted by molar-refractivity contribution is -0.128. The summed E-state index contributed by atoms with van der Waals surface area (Å²) in [6.45, 7) is 1.84. The topological polar surface area (TPSA) is 63.2 Å². The van der Waals surface area contributed by atoms with Gasteiger partial charge in [-0.05, 0) is 22.0 Å². The average Bonchev–Trinajstić information content (AvgIpc) is 2.35. The number of hydrogen-bond donors (Lipinski definition) is 2. The Morgan fingerprint density at radius 2 is 2.53 bits per heavy atom. The van der Waals surface area contributed by atoms with Gasteiger partial charge in [-0.1, -0.05) is 11.6 Å². The SMILES string of the molecule is O=C(Nc1cnc(Cl)c(Br)c1)C1CNCCO1. The van der Waals surface area contributed by atoms with Crippen LogP contribution in [0.5, 0.6) is 0 Å². The molecule has 0 saturated carbocycles. The molecule has 0 spiro atoms. The number of amides is 1. The van der Waals surface area contributed by atoms with Gasteiger partial charge in [0.2, 0.25) is 0 Å². The molecule has 1 saturated heterocycles. The van der Waals surface area contributed by atoms with E-state index in [4.69, 9.17) is 16.3 Å². The van der Waals surface area contributed by atoms with Crippen LogP contribution in [0.2, 0.25) is 5.15 Å². The molecule has 7 heteroatoms. The van der Waals surface area contributed by atoms with E-state index in [1.165, 1.54) is 6.20 Å². The third-order valence-corrected chi connectivity index (χ3v) is 3.42. The Morgan fingerprint density at radius 1 is 1.71 bits per heavy atom. The molecule has 92 valence electrons. The maximum Gasteiger partial charge on any atom is 0.254 e. The lowest BCUT2D eigenvalue weighted by atomic mass is 10.3. The Hall–Kier alpha value is -0.690. The number of rotatable bonds is 2. The Labute approximate surface area is 112 Å². The van der Waals surface area contributed by atoms with E-state index in [1.807, 2.05) is 0 Å². The monoisotopic (exact) mass is 319 g/mol. The number of aromatic nitrogens is 1. The molecule has 1 aromatic heterocycles. The van der Waals surface area contributed by atoms with Crippen LogP contribution in [0.15, 0.2) is 16.7 Å². The van der Waals surface area contributed by atoms with Crippen LogP contribution >= 0.6 is 27.5 Å². The lowest BCUT2D eigenvalue weighted by Gasteiger charge is -2.22. The van der Waals surface area contributed by atoms with E-state index in [1.54, 1.807) is 6.07 Å². The third kappa shape index (κ3) is 3.38. The molecular formula is C10H11BrClN3O2. The molecule has 2 N–H and O–H groups in total. The highest BCUT2D eigenvalue weighted by atomic mass is 79.9. The number of nitrogens with zero attached hydrogens (tertiary/aromatic N) is 1. The van der Waals surface area contributed by atoms with Crippen molar-refractivity contribution < 1.29 is 9.53 Å². The molecule has 1 amide bonds. The summed E-state index contributed by atoms with van der Waals surface area (Å²) in [4.78, 5) is 15.7. The number of morpholine rings is 1. The summed E-state index contributed by atoms with van der Waals surface area (Å²) in [5, 5.41) is 6.17. The molecule has 0 aliphatic carbocycles. The van der Waals surface area contributed by atoms with Gasteiger partial charge in [-0.15, -0.1) is 0 Å². The number of nitrogens with one attached hydrogen (secondary N) is 2. The lowest BCUT2D eigenvalue weighted by Crippen LogP contribution is -2.45. The van der Waals surface area contributed by atoms with Crippen LogP contribution in [0.1, 0.15) is 0 Å². The smallest absolute Gasteiger partial charge is 0.254 e. The second kappa shape index (κ2) is 5.77. The van der Waals surface area contributed by atoms with E-state index in [0.717, 1.165) is 6.54 Å². The summed E-state index contributed by atoms with van der Waals surface area (Å²) in [7, 11) is 0. The summed E-state index contributed by atoms with van der Waals surface area (Å²) >= 11 is 9.00. The number of ether oxygens (including phenoxy) is 1. The van der Waals surface area contributed by atoms with Crippen molar-refractivity contribution in [1.29, 1.82) is 0 Å². The first-order valence-corrected chi connectivity index (χ1v) is 6.28. The molecule has 1 aliphatic heterocycles. The van der Waals surface area contributed by atoms with E-state index in [-0.39, 0.29) is 5.91 Å². The zero-order valence-corrected chi connectivity index (χ0v) is 11.2. The average molecular weight is 321 g/mol. The van der Waals surface area contributed by atoms with Crippen molar-refractivity contribution in [2.24, 2.45) is 0 Å². The molecule has 1 aromatic rings. The van der Waals surface area contributed by atoms with Crippen molar-refractivity contribution in [3.05, 3.63) is 21.9 Å². The quantitative estimate of drug-likeness (QED) is 0.809. The molecule has 17 heavy (non-hydrogen) atoms. The van der Waals surface area contributed by atoms with Gasteiger partial charge in [0.25, 0.3) is 5.91 Å². The summed E-state index contributed by atoms with van der Waals surface area (Å²) < 4.78 is 5.97. The molecule has 1 fully saturated rings. The van der Waals surface area contributed by atoms with Crippen molar-refractivity contribution in [1.82, 2.24) is 10.3 Å². The first-order chi connectivity index (χ1) is 8.16. The number of pyridine rings is 1. The fraction of sp³-hybridized carbons (Fsp3) is 0.400. The van der Waals surface area contributed by atoms with E-state index in [9.17, 15) is 4.79 Å². The van der Waals surface area contributed by atoms with Gasteiger partial charge in [-0.25, -0.2) is 4.98 Å². The van der Waals surface area contributed by atoms with Crippen LogP contribution in [0.25, 0.3) is 0 Å². The molecule has 1 unspecified atom stereocenters. The molecule has 0 aromatic carbocycles. The number of carbonyl (C=O) groups is 1. The minimum absolute atomic E-state index is 0.187. The van der Waals surface area contributed by atoms with Crippen LogP contribution in [-0.2, 0) is 9.53 Å². The van der Waals surface area contributed by atoms with Gasteiger partial charge < -0.3 is 15.4 Å². The van der Waals surface area contributed by atoms with Gasteiger partial charge in [0.1, 0.15) is 11.3 Å². The fourth-order valence-corrected chi connectivity index (χ4v) is 1.90. The predicted octanol–water partition coefficient (Wildman–Crippen LogP) is 1.42. The van der Waals surface area contributed by atoms with E-state index >= 15 is 0 Å². The molecule has 0 bridgehead atoms. The number of hydrogen-bond acceptors (Lipinski definition) is 4. The largest absolute Gasteiger partial charge is 0.366 e. The molecule has 2 heterocycles. The summed E-state index contributed by atoms with van der Waals surface area (Å²) in [5.41, 5.74) is 0.584. The molecule has 1 aliphatic rings. The van der Waals surface area contributed by atoms with Crippen LogP contribution in [0.4, 0.5) is 5.69 Å². The van der Waals surface area contributed by atoms with Gasteiger partial charge in [0.15, 0.2) is 0 Å². The Bertz CT molecular complexity index is 424. The van der Waals surface area contributed by atoms with Gasteiger partial charge >= 0.3 is 0 Å². The molecule has 2 rings (SSSR count). The van der Waals surface area contributed by atoms with Crippen molar-refractivity contribution in [3.8, 4) is 0 Å². The predicted molar refractivity (Wildman–Crippen MR) is 68.2 cm³/mol. The van der Waals surface area contributed by atoms with Gasteiger partial charge in [0, 0.05) is 13.1 Å². The Balaban J connectivity index is 1.99. The molecular weight excluding hydrogens is 309 g/mol. The number of halogens is 2. The first-order valence-electron chi connectivity index (χ1n) is 5.11. The highest BCUT2D eigenvalue weighted by Gasteiger charge is 2.21. The van der Waals surface area contributed by atoms with Gasteiger partial charge in [-0.3, -0.25) is 4.79 Å².